The van der Waals surface area contributed by atoms with Gasteiger partial charge in [0, 0.05) is 18.5 Å². The van der Waals surface area contributed by atoms with Gasteiger partial charge in [0.05, 0.1) is 28.7 Å². The van der Waals surface area contributed by atoms with E-state index in [-0.39, 0.29) is 17.1 Å². The molecule has 0 saturated carbocycles. The third-order valence-electron chi connectivity index (χ3n) is 6.90. The molecule has 0 radical (unpaired) electrons. The maximum absolute atomic E-state index is 13.2. The maximum Gasteiger partial charge on any atom is 0.417 e. The number of carbonyl (C=O) groups excluding carboxylic acids is 1. The average Bonchev–Trinajstić information content (AvgIpc) is 3.04. The van der Waals surface area contributed by atoms with Gasteiger partial charge in [-0.15, -0.1) is 0 Å². The highest BCUT2D eigenvalue weighted by molar-refractivity contribution is 6.31. The molecule has 2 heterocycles. The van der Waals surface area contributed by atoms with Crippen molar-refractivity contribution >= 4 is 17.6 Å². The minimum absolute atomic E-state index is 0.207. The zero-order valence-corrected chi connectivity index (χ0v) is 19.4. The molecule has 9 heteroatoms. The molecule has 0 bridgehead atoms. The molecule has 34 heavy (non-hydrogen) atoms. The third-order valence-corrected chi connectivity index (χ3v) is 7.23. The Morgan fingerprint density at radius 3 is 2.79 bits per heavy atom. The molecule has 1 spiro atoms. The summed E-state index contributed by atoms with van der Waals surface area (Å²) in [7, 11) is 3.67. The van der Waals surface area contributed by atoms with Crippen LogP contribution in [0.15, 0.2) is 42.5 Å². The highest BCUT2D eigenvalue weighted by atomic mass is 35.5. The fourth-order valence-electron chi connectivity index (χ4n) is 5.23. The van der Waals surface area contributed by atoms with Gasteiger partial charge in [-0.25, -0.2) is 4.79 Å². The quantitative estimate of drug-likeness (QED) is 0.424. The van der Waals surface area contributed by atoms with Crippen molar-refractivity contribution in [2.45, 2.75) is 43.2 Å². The van der Waals surface area contributed by atoms with Crippen LogP contribution >= 0.6 is 11.6 Å². The summed E-state index contributed by atoms with van der Waals surface area (Å²) >= 11 is 5.67. The largest absolute Gasteiger partial charge is 0.493 e. The summed E-state index contributed by atoms with van der Waals surface area (Å²) in [6.07, 6.45) is -0.538. The van der Waals surface area contributed by atoms with E-state index >= 15 is 0 Å². The first-order chi connectivity index (χ1) is 16.1. The first-order valence-electron chi connectivity index (χ1n) is 10.9. The van der Waals surface area contributed by atoms with Gasteiger partial charge in [0.15, 0.2) is 11.5 Å². The molecule has 2 aliphatic heterocycles. The van der Waals surface area contributed by atoms with E-state index in [1.165, 1.54) is 11.6 Å². The Morgan fingerprint density at radius 2 is 2.06 bits per heavy atom. The van der Waals surface area contributed by atoms with Crippen molar-refractivity contribution in [3.05, 3.63) is 69.8 Å². The van der Waals surface area contributed by atoms with Gasteiger partial charge >= 0.3 is 12.1 Å². The number of rotatable bonds is 3. The number of esters is 1. The second-order valence-corrected chi connectivity index (χ2v) is 9.40. The molecule has 5 rings (SSSR count). The Labute approximate surface area is 200 Å². The molecule has 0 saturated heterocycles. The molecule has 5 nitrogen and oxygen atoms in total. The first-order valence-corrected chi connectivity index (χ1v) is 11.3. The van der Waals surface area contributed by atoms with E-state index < -0.39 is 28.8 Å². The molecule has 1 aliphatic carbocycles. The Morgan fingerprint density at radius 1 is 1.26 bits per heavy atom. The van der Waals surface area contributed by atoms with Crippen LogP contribution in [-0.4, -0.2) is 43.8 Å². The molecule has 0 aromatic heterocycles. The average molecular weight is 494 g/mol. The van der Waals surface area contributed by atoms with Gasteiger partial charge in [0.2, 0.25) is 0 Å². The van der Waals surface area contributed by atoms with Gasteiger partial charge < -0.3 is 19.1 Å². The van der Waals surface area contributed by atoms with Crippen LogP contribution in [0.2, 0.25) is 5.02 Å². The minimum atomic E-state index is -4.67. The molecule has 2 aromatic rings. The minimum Gasteiger partial charge on any atom is -0.493 e. The van der Waals surface area contributed by atoms with E-state index in [1.807, 2.05) is 18.2 Å². The second kappa shape index (κ2) is 8.20. The highest BCUT2D eigenvalue weighted by Crippen LogP contribution is 2.55. The van der Waals surface area contributed by atoms with Gasteiger partial charge in [0.1, 0.15) is 12.2 Å². The number of carbonyl (C=O) groups is 1. The zero-order valence-electron chi connectivity index (χ0n) is 18.6. The SMILES string of the molecule is COc1ccc2c3c1OC1C[C@@H](OC(=O)c4ccc(Cl)c(C(F)(F)F)c4)C=C[C@@]31CCN(C)C2. The number of methoxy groups -OCH3 is 1. The summed E-state index contributed by atoms with van der Waals surface area (Å²) in [4.78, 5) is 14.9. The second-order valence-electron chi connectivity index (χ2n) is 9.00. The van der Waals surface area contributed by atoms with Crippen LogP contribution in [0, 0.1) is 0 Å². The van der Waals surface area contributed by atoms with Crippen LogP contribution in [0.1, 0.15) is 39.9 Å². The van der Waals surface area contributed by atoms with E-state index in [4.69, 9.17) is 25.8 Å². The van der Waals surface area contributed by atoms with Crippen LogP contribution in [0.5, 0.6) is 11.5 Å². The van der Waals surface area contributed by atoms with Crippen LogP contribution in [0.4, 0.5) is 13.2 Å². The number of hydrogen-bond donors (Lipinski definition) is 0. The van der Waals surface area contributed by atoms with Crippen LogP contribution in [0.3, 0.4) is 0 Å². The van der Waals surface area contributed by atoms with Crippen molar-refractivity contribution in [2.75, 3.05) is 20.7 Å². The van der Waals surface area contributed by atoms with E-state index in [2.05, 4.69) is 18.0 Å². The monoisotopic (exact) mass is 493 g/mol. The van der Waals surface area contributed by atoms with E-state index in [0.717, 1.165) is 37.2 Å². The standard InChI is InChI=1S/C25H23ClF3NO4/c1-30-10-9-24-8-7-16(33-23(31)14-3-5-18(26)17(11-14)25(27,28)29)12-20(24)34-22-19(32-2)6-4-15(13-30)21(22)24/h3-8,11,16,20H,9-10,12-13H2,1-2H3/t16-,20?,24-/m0/s1. The zero-order chi connectivity index (χ0) is 24.3. The number of halogens is 4. The number of nitrogens with zero attached hydrogens (tertiary/aromatic N) is 1. The molecule has 0 N–H and O–H groups in total. The van der Waals surface area contributed by atoms with E-state index in [0.29, 0.717) is 17.9 Å². The molecule has 1 unspecified atom stereocenters. The molecular formula is C25H23ClF3NO4. The molecule has 0 fully saturated rings. The van der Waals surface area contributed by atoms with Gasteiger partial charge in [0.25, 0.3) is 0 Å². The number of ether oxygens (including phenoxy) is 3. The Hall–Kier alpha value is -2.71. The Bertz CT molecular complexity index is 1180. The number of alkyl halides is 3. The predicted octanol–water partition coefficient (Wildman–Crippen LogP) is 5.39. The van der Waals surface area contributed by atoms with Crippen molar-refractivity contribution in [3.8, 4) is 11.5 Å². The lowest BCUT2D eigenvalue weighted by Crippen LogP contribution is -2.43. The van der Waals surface area contributed by atoms with E-state index in [1.54, 1.807) is 7.11 Å². The summed E-state index contributed by atoms with van der Waals surface area (Å²) in [5, 5.41) is -0.469. The molecular weight excluding hydrogens is 471 g/mol. The lowest BCUT2D eigenvalue weighted by Gasteiger charge is -2.36. The maximum atomic E-state index is 13.2. The lowest BCUT2D eigenvalue weighted by molar-refractivity contribution is -0.137. The van der Waals surface area contributed by atoms with Crippen molar-refractivity contribution in [1.29, 1.82) is 0 Å². The Kier molecular flexibility index (Phi) is 5.56. The van der Waals surface area contributed by atoms with Crippen molar-refractivity contribution in [3.63, 3.8) is 0 Å². The first kappa shape index (κ1) is 23.1. The fraction of sp³-hybridized carbons (Fsp3) is 0.400. The molecule has 3 atom stereocenters. The van der Waals surface area contributed by atoms with E-state index in [9.17, 15) is 18.0 Å². The molecule has 2 aromatic carbocycles. The van der Waals surface area contributed by atoms with Gasteiger partial charge in [-0.05, 0) is 55.9 Å². The molecule has 180 valence electrons. The smallest absolute Gasteiger partial charge is 0.417 e. The van der Waals surface area contributed by atoms with Crippen molar-refractivity contribution in [2.24, 2.45) is 0 Å². The summed E-state index contributed by atoms with van der Waals surface area (Å²) in [6.45, 7) is 1.64. The summed E-state index contributed by atoms with van der Waals surface area (Å²) in [5.74, 6) is 0.520. The molecule has 3 aliphatic rings. The normalized spacial score (nSPS) is 25.7. The summed E-state index contributed by atoms with van der Waals surface area (Å²) in [6, 6.07) is 6.97. The third kappa shape index (κ3) is 3.73. The fourth-order valence-corrected chi connectivity index (χ4v) is 5.45. The molecule has 0 amide bonds. The number of hydrogen-bond acceptors (Lipinski definition) is 5. The van der Waals surface area contributed by atoms with Crippen LogP contribution < -0.4 is 9.47 Å². The van der Waals surface area contributed by atoms with Crippen molar-refractivity contribution < 1.29 is 32.2 Å². The van der Waals surface area contributed by atoms with Crippen LogP contribution in [0.25, 0.3) is 0 Å². The lowest BCUT2D eigenvalue weighted by atomic mass is 9.69. The summed E-state index contributed by atoms with van der Waals surface area (Å²) < 4.78 is 57.1. The topological polar surface area (TPSA) is 48.0 Å². The van der Waals surface area contributed by atoms with Gasteiger partial charge in [-0.3, -0.25) is 0 Å². The van der Waals surface area contributed by atoms with Crippen LogP contribution in [-0.2, 0) is 22.9 Å². The predicted molar refractivity (Wildman–Crippen MR) is 119 cm³/mol. The van der Waals surface area contributed by atoms with Crippen molar-refractivity contribution in [1.82, 2.24) is 4.90 Å². The van der Waals surface area contributed by atoms with Gasteiger partial charge in [-0.1, -0.05) is 23.7 Å². The highest BCUT2D eigenvalue weighted by Gasteiger charge is 2.53. The van der Waals surface area contributed by atoms with Gasteiger partial charge in [-0.2, -0.15) is 13.2 Å². The Balaban J connectivity index is 1.43. The summed E-state index contributed by atoms with van der Waals surface area (Å²) in [5.41, 5.74) is 0.616. The number of benzene rings is 2.